The van der Waals surface area contributed by atoms with Gasteiger partial charge in [0.05, 0.1) is 0 Å². The number of carboxylic acid groups (broad SMARTS) is 2. The first-order chi connectivity index (χ1) is 14.0. The number of aromatic carboxylic acids is 2. The van der Waals surface area contributed by atoms with Crippen LogP contribution in [0.15, 0.2) is 78.9 Å². The molecule has 0 amide bonds. The van der Waals surface area contributed by atoms with Crippen LogP contribution < -0.4 is 0 Å². The first-order valence-electron chi connectivity index (χ1n) is 8.97. The second-order valence-corrected chi connectivity index (χ2v) is 6.48. The Kier molecular flexibility index (Phi) is 11.7. The van der Waals surface area contributed by atoms with E-state index in [-0.39, 0.29) is 22.6 Å². The van der Waals surface area contributed by atoms with Crippen LogP contribution in [0.5, 0.6) is 11.5 Å². The van der Waals surface area contributed by atoms with Crippen LogP contribution in [0.1, 0.15) is 47.1 Å². The van der Waals surface area contributed by atoms with Crippen molar-refractivity contribution in [3.63, 3.8) is 0 Å². The van der Waals surface area contributed by atoms with Crippen molar-refractivity contribution < 1.29 is 30.0 Å². The van der Waals surface area contributed by atoms with E-state index >= 15 is 0 Å². The molecule has 0 aliphatic heterocycles. The first kappa shape index (κ1) is 26.2. The molecule has 30 heavy (non-hydrogen) atoms. The van der Waals surface area contributed by atoms with Gasteiger partial charge in [0.1, 0.15) is 22.6 Å². The van der Waals surface area contributed by atoms with E-state index in [1.165, 1.54) is 18.2 Å². The van der Waals surface area contributed by atoms with Crippen molar-refractivity contribution in [2.45, 2.75) is 27.2 Å². The van der Waals surface area contributed by atoms with Crippen LogP contribution in [0.25, 0.3) is 0 Å². The van der Waals surface area contributed by atoms with Crippen molar-refractivity contribution in [3.8, 4) is 11.5 Å². The van der Waals surface area contributed by atoms with Crippen LogP contribution in [0, 0.1) is 0 Å². The van der Waals surface area contributed by atoms with Gasteiger partial charge in [-0.1, -0.05) is 60.7 Å². The maximum Gasteiger partial charge on any atom is 0.339 e. The molecule has 2 aromatic rings. The molecule has 0 atom stereocenters. The zero-order valence-corrected chi connectivity index (χ0v) is 17.4. The average molecular weight is 412 g/mol. The number of hydrogen-bond donors (Lipinski definition) is 4. The van der Waals surface area contributed by atoms with Gasteiger partial charge in [-0.15, -0.1) is 0 Å². The molecule has 4 N–H and O–H groups in total. The fraction of sp³-hybridized carbons (Fsp3) is 0.167. The number of carbonyl (C=O) groups is 2. The Balaban J connectivity index is 0.000000481. The molecule has 0 saturated carbocycles. The standard InChI is InChI=1S/C12H14O3.C7H6O3.C5H8/c1-8(2)6-7-9-4-3-5-10(11(9)13)12(14)15;8-6-4-2-1-3-5(6)7(9)10;1-4-5(2)3/h3-6,13H,7H2,1-2H3,(H,14,15);1-4,8H,(H,9,10);4H,1-2H2,3H3. The Labute approximate surface area is 176 Å². The minimum Gasteiger partial charge on any atom is -0.507 e. The number of aromatic hydroxyl groups is 2. The van der Waals surface area contributed by atoms with Crippen molar-refractivity contribution in [2.24, 2.45) is 0 Å². The Morgan fingerprint density at radius 1 is 0.900 bits per heavy atom. The van der Waals surface area contributed by atoms with Crippen molar-refractivity contribution >= 4 is 11.9 Å². The first-order valence-corrected chi connectivity index (χ1v) is 8.97. The van der Waals surface area contributed by atoms with Gasteiger partial charge < -0.3 is 20.4 Å². The maximum atomic E-state index is 10.7. The molecule has 0 fully saturated rings. The highest BCUT2D eigenvalue weighted by atomic mass is 16.4. The summed E-state index contributed by atoms with van der Waals surface area (Å²) in [6.07, 6.45) is 4.22. The topological polar surface area (TPSA) is 115 Å². The molecule has 0 saturated heterocycles. The smallest absolute Gasteiger partial charge is 0.339 e. The summed E-state index contributed by atoms with van der Waals surface area (Å²) in [4.78, 5) is 21.0. The van der Waals surface area contributed by atoms with Crippen molar-refractivity contribution in [1.82, 2.24) is 0 Å². The number of carboxylic acids is 2. The summed E-state index contributed by atoms with van der Waals surface area (Å²) >= 11 is 0. The Bertz CT molecular complexity index is 921. The highest BCUT2D eigenvalue weighted by molar-refractivity contribution is 5.91. The summed E-state index contributed by atoms with van der Waals surface area (Å²) in [5.41, 5.74) is 2.67. The molecule has 0 spiro atoms. The third-order valence-corrected chi connectivity index (χ3v) is 3.56. The highest BCUT2D eigenvalue weighted by Crippen LogP contribution is 2.23. The summed E-state index contributed by atoms with van der Waals surface area (Å²) < 4.78 is 0. The monoisotopic (exact) mass is 412 g/mol. The molecule has 0 aromatic heterocycles. The quantitative estimate of drug-likeness (QED) is 0.384. The Morgan fingerprint density at radius 2 is 1.40 bits per heavy atom. The van der Waals surface area contributed by atoms with E-state index in [1.807, 2.05) is 26.8 Å². The van der Waals surface area contributed by atoms with Gasteiger partial charge in [0, 0.05) is 0 Å². The maximum absolute atomic E-state index is 10.7. The normalized spacial score (nSPS) is 9.03. The van der Waals surface area contributed by atoms with Crippen LogP contribution in [0.4, 0.5) is 0 Å². The van der Waals surface area contributed by atoms with Crippen molar-refractivity contribution in [1.29, 1.82) is 0 Å². The lowest BCUT2D eigenvalue weighted by Crippen LogP contribution is -1.98. The number of hydrogen-bond acceptors (Lipinski definition) is 4. The molecule has 6 heteroatoms. The van der Waals surface area contributed by atoms with Gasteiger partial charge in [0.25, 0.3) is 0 Å². The number of rotatable bonds is 5. The van der Waals surface area contributed by atoms with E-state index in [2.05, 4.69) is 13.2 Å². The molecule has 2 rings (SSSR count). The lowest BCUT2D eigenvalue weighted by atomic mass is 10.1. The van der Waals surface area contributed by atoms with E-state index in [0.29, 0.717) is 12.0 Å². The predicted octanol–water partition coefficient (Wildman–Crippen LogP) is 5.44. The van der Waals surface area contributed by atoms with E-state index in [1.54, 1.807) is 30.3 Å². The Hall–Kier alpha value is -3.80. The van der Waals surface area contributed by atoms with Crippen LogP contribution >= 0.6 is 0 Å². The summed E-state index contributed by atoms with van der Waals surface area (Å²) in [7, 11) is 0. The summed E-state index contributed by atoms with van der Waals surface area (Å²) in [6.45, 7) is 12.8. The Morgan fingerprint density at radius 3 is 1.80 bits per heavy atom. The molecule has 6 nitrogen and oxygen atoms in total. The van der Waals surface area contributed by atoms with Crippen LogP contribution in [-0.2, 0) is 6.42 Å². The molecule has 0 heterocycles. The highest BCUT2D eigenvalue weighted by Gasteiger charge is 2.11. The predicted molar refractivity (Wildman–Crippen MR) is 118 cm³/mol. The zero-order valence-electron chi connectivity index (χ0n) is 17.4. The molecule has 2 aromatic carbocycles. The summed E-state index contributed by atoms with van der Waals surface area (Å²) in [5.74, 6) is -2.55. The van der Waals surface area contributed by atoms with Gasteiger partial charge in [0.2, 0.25) is 0 Å². The van der Waals surface area contributed by atoms with Crippen LogP contribution in [0.3, 0.4) is 0 Å². The average Bonchev–Trinajstić information content (AvgIpc) is 2.68. The van der Waals surface area contributed by atoms with Crippen LogP contribution in [0.2, 0.25) is 0 Å². The lowest BCUT2D eigenvalue weighted by Gasteiger charge is -2.04. The summed E-state index contributed by atoms with van der Waals surface area (Å²) in [6, 6.07) is 10.6. The minimum absolute atomic E-state index is 0.0466. The van der Waals surface area contributed by atoms with Gasteiger partial charge >= 0.3 is 11.9 Å². The second-order valence-electron chi connectivity index (χ2n) is 6.48. The van der Waals surface area contributed by atoms with Crippen molar-refractivity contribution in [3.05, 3.63) is 95.6 Å². The third kappa shape index (κ3) is 9.94. The molecular formula is C24H28O6. The van der Waals surface area contributed by atoms with Crippen LogP contribution in [-0.4, -0.2) is 32.4 Å². The van der Waals surface area contributed by atoms with Gasteiger partial charge in [-0.25, -0.2) is 9.59 Å². The fourth-order valence-electron chi connectivity index (χ4n) is 1.90. The number of benzene rings is 2. The molecule has 0 radical (unpaired) electrons. The summed E-state index contributed by atoms with van der Waals surface area (Å²) in [5, 5.41) is 35.8. The number of para-hydroxylation sites is 2. The largest absolute Gasteiger partial charge is 0.507 e. The van der Waals surface area contributed by atoms with Gasteiger partial charge in [-0.2, -0.15) is 0 Å². The zero-order chi connectivity index (χ0) is 23.3. The number of allylic oxidation sites excluding steroid dienone is 4. The molecule has 0 unspecified atom stereocenters. The van der Waals surface area contributed by atoms with Gasteiger partial charge in [-0.3, -0.25) is 0 Å². The number of phenols is 2. The minimum atomic E-state index is -1.11. The van der Waals surface area contributed by atoms with Crippen molar-refractivity contribution in [2.75, 3.05) is 0 Å². The molecular weight excluding hydrogens is 384 g/mol. The second kappa shape index (κ2) is 13.4. The third-order valence-electron chi connectivity index (χ3n) is 3.56. The molecule has 0 aliphatic rings. The SMILES string of the molecule is C=CC(=C)C.CC(C)=CCc1cccc(C(=O)O)c1O.O=C(O)c1ccccc1O. The van der Waals surface area contributed by atoms with E-state index in [0.717, 1.165) is 11.1 Å². The van der Waals surface area contributed by atoms with E-state index in [9.17, 15) is 14.7 Å². The van der Waals surface area contributed by atoms with E-state index in [4.69, 9.17) is 15.3 Å². The molecule has 160 valence electrons. The fourth-order valence-corrected chi connectivity index (χ4v) is 1.90. The van der Waals surface area contributed by atoms with Gasteiger partial charge in [-0.05, 0) is 51.0 Å². The molecule has 0 aliphatic carbocycles. The molecule has 0 bridgehead atoms. The van der Waals surface area contributed by atoms with Gasteiger partial charge in [0.15, 0.2) is 0 Å². The van der Waals surface area contributed by atoms with E-state index < -0.39 is 11.9 Å². The lowest BCUT2D eigenvalue weighted by molar-refractivity contribution is 0.0682.